The van der Waals surface area contributed by atoms with Crippen molar-refractivity contribution in [2.75, 3.05) is 6.54 Å². The van der Waals surface area contributed by atoms with E-state index in [9.17, 15) is 9.59 Å². The van der Waals surface area contributed by atoms with Gasteiger partial charge in [0, 0.05) is 19.6 Å². The molecule has 1 saturated heterocycles. The van der Waals surface area contributed by atoms with Gasteiger partial charge in [-0.3, -0.25) is 4.79 Å². The molecule has 7 heteroatoms. The lowest BCUT2D eigenvalue weighted by Crippen LogP contribution is -2.44. The van der Waals surface area contributed by atoms with Crippen LogP contribution in [0, 0.1) is 0 Å². The zero-order valence-electron chi connectivity index (χ0n) is 14.0. The monoisotopic (exact) mass is 327 g/mol. The number of hydrogen-bond donors (Lipinski definition) is 0. The smallest absolute Gasteiger partial charge is 0.338 e. The molecule has 126 valence electrons. The molecule has 2 aromatic heterocycles. The van der Waals surface area contributed by atoms with E-state index >= 15 is 0 Å². The zero-order chi connectivity index (χ0) is 16.8. The predicted octanol–water partition coefficient (Wildman–Crippen LogP) is 1.39. The van der Waals surface area contributed by atoms with Crippen LogP contribution in [0.2, 0.25) is 0 Å². The average molecular weight is 327 g/mol. The second-order valence-electron chi connectivity index (χ2n) is 6.56. The molecule has 0 radical (unpaired) electrons. The number of likely N-dealkylation sites (tertiary alicyclic amines) is 1. The topological polar surface area (TPSA) is 64.5 Å². The van der Waals surface area contributed by atoms with E-state index in [4.69, 9.17) is 0 Å². The first-order valence-corrected chi connectivity index (χ1v) is 8.40. The SMILES string of the molecule is CC1CCCCN1C(=O)Cn1nc2n(C)c3ccccc3n2c1=O. The van der Waals surface area contributed by atoms with Crippen molar-refractivity contribution >= 4 is 22.7 Å². The van der Waals surface area contributed by atoms with Crippen molar-refractivity contribution in [3.05, 3.63) is 34.7 Å². The number of piperidine rings is 1. The van der Waals surface area contributed by atoms with Crippen LogP contribution in [0.4, 0.5) is 0 Å². The molecule has 0 saturated carbocycles. The largest absolute Gasteiger partial charge is 0.352 e. The minimum absolute atomic E-state index is 0.000813. The van der Waals surface area contributed by atoms with Gasteiger partial charge in [-0.15, -0.1) is 5.10 Å². The van der Waals surface area contributed by atoms with Gasteiger partial charge in [0.1, 0.15) is 6.54 Å². The van der Waals surface area contributed by atoms with Gasteiger partial charge in [0.05, 0.1) is 11.0 Å². The number of nitrogens with zero attached hydrogens (tertiary/aromatic N) is 5. The molecule has 1 aliphatic rings. The molecule has 0 aliphatic carbocycles. The molecule has 0 N–H and O–H groups in total. The van der Waals surface area contributed by atoms with Crippen molar-refractivity contribution in [3.8, 4) is 0 Å². The van der Waals surface area contributed by atoms with Crippen LogP contribution >= 0.6 is 0 Å². The van der Waals surface area contributed by atoms with Crippen molar-refractivity contribution < 1.29 is 4.79 Å². The highest BCUT2D eigenvalue weighted by Gasteiger charge is 2.25. The van der Waals surface area contributed by atoms with E-state index in [0.717, 1.165) is 36.8 Å². The first-order valence-electron chi connectivity index (χ1n) is 8.40. The van der Waals surface area contributed by atoms with E-state index in [1.54, 1.807) is 4.40 Å². The van der Waals surface area contributed by atoms with Gasteiger partial charge in [-0.1, -0.05) is 12.1 Å². The molecule has 1 aromatic carbocycles. The Kier molecular flexibility index (Phi) is 3.44. The van der Waals surface area contributed by atoms with Crippen LogP contribution in [0.15, 0.2) is 29.1 Å². The number of hydrogen-bond acceptors (Lipinski definition) is 3. The number of aryl methyl sites for hydroxylation is 1. The Bertz CT molecular complexity index is 980. The summed E-state index contributed by atoms with van der Waals surface area (Å²) in [6.07, 6.45) is 3.21. The molecule has 3 aromatic rings. The molecular weight excluding hydrogens is 306 g/mol. The van der Waals surface area contributed by atoms with Gasteiger partial charge in [0.25, 0.3) is 0 Å². The maximum Gasteiger partial charge on any atom is 0.352 e. The fourth-order valence-electron chi connectivity index (χ4n) is 3.66. The number of benzene rings is 1. The lowest BCUT2D eigenvalue weighted by atomic mass is 10.0. The van der Waals surface area contributed by atoms with Gasteiger partial charge in [0.2, 0.25) is 11.7 Å². The first kappa shape index (κ1) is 15.0. The average Bonchev–Trinajstić information content (AvgIpc) is 3.05. The molecule has 1 amide bonds. The van der Waals surface area contributed by atoms with Crippen LogP contribution in [0.1, 0.15) is 26.2 Å². The number of fused-ring (bicyclic) bond motifs is 3. The minimum Gasteiger partial charge on any atom is -0.338 e. The second kappa shape index (κ2) is 5.51. The van der Waals surface area contributed by atoms with Gasteiger partial charge in [-0.05, 0) is 38.3 Å². The number of carbonyl (C=O) groups is 1. The summed E-state index contributed by atoms with van der Waals surface area (Å²) in [7, 11) is 1.88. The molecule has 0 bridgehead atoms. The molecule has 7 nitrogen and oxygen atoms in total. The summed E-state index contributed by atoms with van der Waals surface area (Å²) in [5, 5.41) is 4.39. The van der Waals surface area contributed by atoms with E-state index in [1.165, 1.54) is 4.68 Å². The van der Waals surface area contributed by atoms with E-state index in [-0.39, 0.29) is 24.2 Å². The quantitative estimate of drug-likeness (QED) is 0.714. The molecule has 1 atom stereocenters. The molecule has 24 heavy (non-hydrogen) atoms. The van der Waals surface area contributed by atoms with Gasteiger partial charge < -0.3 is 9.47 Å². The van der Waals surface area contributed by atoms with E-state index in [0.29, 0.717) is 5.78 Å². The lowest BCUT2D eigenvalue weighted by molar-refractivity contribution is -0.135. The number of amides is 1. The van der Waals surface area contributed by atoms with Crippen LogP contribution in [-0.4, -0.2) is 42.1 Å². The highest BCUT2D eigenvalue weighted by Crippen LogP contribution is 2.18. The van der Waals surface area contributed by atoms with Crippen molar-refractivity contribution in [1.82, 2.24) is 23.6 Å². The van der Waals surface area contributed by atoms with Gasteiger partial charge in [-0.25, -0.2) is 13.9 Å². The summed E-state index contributed by atoms with van der Waals surface area (Å²) in [5.41, 5.74) is 1.49. The van der Waals surface area contributed by atoms with Crippen molar-refractivity contribution in [1.29, 1.82) is 0 Å². The zero-order valence-corrected chi connectivity index (χ0v) is 14.0. The number of para-hydroxylation sites is 2. The molecule has 0 spiro atoms. The standard InChI is InChI=1S/C17H21N5O2/c1-12-7-5-6-10-20(12)15(23)11-21-17(24)22-14-9-4-3-8-13(14)19(2)16(22)18-21/h3-4,8-9,12H,5-7,10-11H2,1-2H3. The third-order valence-corrected chi connectivity index (χ3v) is 5.01. The Hall–Kier alpha value is -2.57. The normalized spacial score (nSPS) is 18.6. The van der Waals surface area contributed by atoms with Crippen LogP contribution in [0.5, 0.6) is 0 Å². The molecule has 1 unspecified atom stereocenters. The fourth-order valence-corrected chi connectivity index (χ4v) is 3.66. The second-order valence-corrected chi connectivity index (χ2v) is 6.56. The summed E-state index contributed by atoms with van der Waals surface area (Å²) in [6.45, 7) is 2.83. The lowest BCUT2D eigenvalue weighted by Gasteiger charge is -2.33. The van der Waals surface area contributed by atoms with Crippen molar-refractivity contribution in [3.63, 3.8) is 0 Å². The molecule has 1 fully saturated rings. The molecule has 4 rings (SSSR count). The van der Waals surface area contributed by atoms with Crippen molar-refractivity contribution in [2.45, 2.75) is 38.8 Å². The summed E-state index contributed by atoms with van der Waals surface area (Å²) in [5.74, 6) is 0.526. The van der Waals surface area contributed by atoms with Crippen LogP contribution in [-0.2, 0) is 18.4 Å². The number of imidazole rings is 1. The summed E-state index contributed by atoms with van der Waals surface area (Å²) < 4.78 is 4.73. The Morgan fingerprint density at radius 3 is 2.75 bits per heavy atom. The van der Waals surface area contributed by atoms with Crippen LogP contribution in [0.3, 0.4) is 0 Å². The third-order valence-electron chi connectivity index (χ3n) is 5.01. The summed E-state index contributed by atoms with van der Waals surface area (Å²) >= 11 is 0. The molecule has 3 heterocycles. The van der Waals surface area contributed by atoms with Crippen LogP contribution in [0.25, 0.3) is 16.8 Å². The minimum atomic E-state index is -0.264. The van der Waals surface area contributed by atoms with Gasteiger partial charge in [-0.2, -0.15) is 0 Å². The van der Waals surface area contributed by atoms with Crippen molar-refractivity contribution in [2.24, 2.45) is 7.05 Å². The Morgan fingerprint density at radius 1 is 1.25 bits per heavy atom. The highest BCUT2D eigenvalue weighted by molar-refractivity contribution is 5.80. The van der Waals surface area contributed by atoms with Gasteiger partial charge >= 0.3 is 5.69 Å². The predicted molar refractivity (Wildman–Crippen MR) is 91.0 cm³/mol. The van der Waals surface area contributed by atoms with Crippen LogP contribution < -0.4 is 5.69 Å². The van der Waals surface area contributed by atoms with Gasteiger partial charge in [0.15, 0.2) is 0 Å². The maximum atomic E-state index is 12.7. The molecular formula is C17H21N5O2. The highest BCUT2D eigenvalue weighted by atomic mass is 16.2. The number of carbonyl (C=O) groups excluding carboxylic acids is 1. The Balaban J connectivity index is 1.73. The summed E-state index contributed by atoms with van der Waals surface area (Å²) in [6, 6.07) is 7.91. The van der Waals surface area contributed by atoms with E-state index in [2.05, 4.69) is 12.0 Å². The summed E-state index contributed by atoms with van der Waals surface area (Å²) in [4.78, 5) is 27.2. The molecule has 1 aliphatic heterocycles. The fraction of sp³-hybridized carbons (Fsp3) is 0.471. The van der Waals surface area contributed by atoms with E-state index < -0.39 is 0 Å². The van der Waals surface area contributed by atoms with E-state index in [1.807, 2.05) is 40.8 Å². The maximum absolute atomic E-state index is 12.7. The Labute approximate surface area is 139 Å². The number of aromatic nitrogens is 4. The first-order chi connectivity index (χ1) is 11.6. The Morgan fingerprint density at radius 2 is 2.00 bits per heavy atom. The third kappa shape index (κ3) is 2.15. The number of rotatable bonds is 2.